The van der Waals surface area contributed by atoms with Gasteiger partial charge in [-0.25, -0.2) is 0 Å². The van der Waals surface area contributed by atoms with Crippen molar-refractivity contribution in [3.8, 4) is 0 Å². The van der Waals surface area contributed by atoms with Crippen molar-refractivity contribution >= 4 is 27.5 Å². The van der Waals surface area contributed by atoms with E-state index in [1.807, 2.05) is 0 Å². The number of fused-ring (bicyclic) bond motifs is 1. The Morgan fingerprint density at radius 3 is 2.58 bits per heavy atom. The zero-order valence-electron chi connectivity index (χ0n) is 12.9. The number of amides is 1. The van der Waals surface area contributed by atoms with Crippen LogP contribution in [0, 0.1) is 0 Å². The molecule has 1 heterocycles. The average molecular weight is 363 g/mol. The Kier molecular flexibility index (Phi) is 4.88. The summed E-state index contributed by atoms with van der Waals surface area (Å²) >= 11 is 0. The minimum absolute atomic E-state index is 0.0339. The molecular weight excluding hydrogens is 347 g/mol. The third kappa shape index (κ3) is 4.25. The van der Waals surface area contributed by atoms with Crippen molar-refractivity contribution in [2.75, 3.05) is 5.32 Å². The van der Waals surface area contributed by atoms with Gasteiger partial charge in [-0.1, -0.05) is 0 Å². The van der Waals surface area contributed by atoms with E-state index in [1.54, 1.807) is 13.8 Å². The van der Waals surface area contributed by atoms with Gasteiger partial charge in [0.25, 0.3) is 10.0 Å². The van der Waals surface area contributed by atoms with Crippen LogP contribution in [0.4, 0.5) is 18.9 Å². The molecule has 1 aliphatic heterocycles. The molecule has 2 N–H and O–H groups in total. The molecule has 0 saturated heterocycles. The van der Waals surface area contributed by atoms with Gasteiger partial charge < -0.3 is 10.6 Å². The first-order valence-electron chi connectivity index (χ1n) is 7.10. The molecule has 132 valence electrons. The number of sulfonamides is 1. The summed E-state index contributed by atoms with van der Waals surface area (Å²) in [4.78, 5) is 11.3. The standard InChI is InChI=1S/C14H16F3N3O3S/c1-8(2)18-13(21)6-5-12-19-10-7-9(14(15,16)17)3-4-11(10)24(22,23)20-12/h3-4,7-8H,5-6H2,1-2H3,(H,18,21)(H,19,20). The van der Waals surface area contributed by atoms with E-state index in [1.165, 1.54) is 0 Å². The van der Waals surface area contributed by atoms with Crippen LogP contribution in [0.1, 0.15) is 32.3 Å². The Balaban J connectivity index is 2.22. The largest absolute Gasteiger partial charge is 0.416 e. The van der Waals surface area contributed by atoms with E-state index in [4.69, 9.17) is 0 Å². The lowest BCUT2D eigenvalue weighted by atomic mass is 10.2. The maximum absolute atomic E-state index is 12.8. The Bertz CT molecular complexity index is 786. The van der Waals surface area contributed by atoms with Gasteiger partial charge in [0.15, 0.2) is 0 Å². The second kappa shape index (κ2) is 6.42. The van der Waals surface area contributed by atoms with Gasteiger partial charge in [0.05, 0.1) is 11.3 Å². The van der Waals surface area contributed by atoms with Gasteiger partial charge in [-0.3, -0.25) is 4.79 Å². The van der Waals surface area contributed by atoms with Crippen LogP contribution in [-0.2, 0) is 21.0 Å². The van der Waals surface area contributed by atoms with E-state index >= 15 is 0 Å². The van der Waals surface area contributed by atoms with Crippen molar-refractivity contribution in [2.45, 2.75) is 43.8 Å². The zero-order valence-corrected chi connectivity index (χ0v) is 13.8. The lowest BCUT2D eigenvalue weighted by Gasteiger charge is -2.19. The summed E-state index contributed by atoms with van der Waals surface area (Å²) in [6, 6.07) is 2.20. The Morgan fingerprint density at radius 1 is 1.33 bits per heavy atom. The fraction of sp³-hybridized carbons (Fsp3) is 0.429. The first-order chi connectivity index (χ1) is 11.0. The van der Waals surface area contributed by atoms with Gasteiger partial charge in [0.2, 0.25) is 5.91 Å². The number of nitrogens with one attached hydrogen (secondary N) is 2. The van der Waals surface area contributed by atoms with Crippen LogP contribution in [0.3, 0.4) is 0 Å². The molecule has 0 aromatic heterocycles. The first kappa shape index (κ1) is 18.2. The topological polar surface area (TPSA) is 87.6 Å². The molecule has 0 spiro atoms. The predicted molar refractivity (Wildman–Crippen MR) is 82.2 cm³/mol. The summed E-state index contributed by atoms with van der Waals surface area (Å²) in [6.45, 7) is 3.54. The van der Waals surface area contributed by atoms with Gasteiger partial charge in [-0.15, -0.1) is 4.40 Å². The minimum Gasteiger partial charge on any atom is -0.354 e. The number of carbonyl (C=O) groups excluding carboxylic acids is 1. The number of nitrogens with zero attached hydrogens (tertiary/aromatic N) is 1. The molecule has 10 heteroatoms. The first-order valence-corrected chi connectivity index (χ1v) is 8.54. The van der Waals surface area contributed by atoms with Gasteiger partial charge in [0, 0.05) is 18.9 Å². The highest BCUT2D eigenvalue weighted by atomic mass is 32.2. The third-order valence-electron chi connectivity index (χ3n) is 3.13. The molecular formula is C14H16F3N3O3S. The van der Waals surface area contributed by atoms with E-state index in [2.05, 4.69) is 15.0 Å². The molecule has 1 aromatic rings. The zero-order chi connectivity index (χ0) is 18.1. The van der Waals surface area contributed by atoms with E-state index in [0.717, 1.165) is 12.1 Å². The summed E-state index contributed by atoms with van der Waals surface area (Å²) in [5.74, 6) is -0.373. The fourth-order valence-electron chi connectivity index (χ4n) is 2.14. The van der Waals surface area contributed by atoms with Crippen LogP contribution >= 0.6 is 0 Å². The maximum Gasteiger partial charge on any atom is 0.416 e. The van der Waals surface area contributed by atoms with Crippen molar-refractivity contribution < 1.29 is 26.4 Å². The number of hydrogen-bond acceptors (Lipinski definition) is 4. The van der Waals surface area contributed by atoms with E-state index in [9.17, 15) is 26.4 Å². The minimum atomic E-state index is -4.59. The van der Waals surface area contributed by atoms with Crippen LogP contribution < -0.4 is 10.6 Å². The summed E-state index contributed by atoms with van der Waals surface area (Å²) < 4.78 is 65.9. The highest BCUT2D eigenvalue weighted by Crippen LogP contribution is 2.35. The number of benzene rings is 1. The fourth-order valence-corrected chi connectivity index (χ4v) is 3.29. The molecule has 1 aliphatic rings. The monoisotopic (exact) mass is 363 g/mol. The number of carbonyl (C=O) groups is 1. The molecule has 0 bridgehead atoms. The Morgan fingerprint density at radius 2 is 2.00 bits per heavy atom. The third-order valence-corrected chi connectivity index (χ3v) is 4.51. The molecule has 6 nitrogen and oxygen atoms in total. The molecule has 1 aromatic carbocycles. The second-order valence-corrected chi connectivity index (χ2v) is 7.14. The normalized spacial score (nSPS) is 16.2. The highest BCUT2D eigenvalue weighted by Gasteiger charge is 2.33. The molecule has 1 amide bonds. The van der Waals surface area contributed by atoms with Gasteiger partial charge in [0.1, 0.15) is 10.7 Å². The molecule has 24 heavy (non-hydrogen) atoms. The van der Waals surface area contributed by atoms with Crippen LogP contribution in [0.5, 0.6) is 0 Å². The Hall–Kier alpha value is -2.10. The van der Waals surface area contributed by atoms with E-state index < -0.39 is 21.8 Å². The van der Waals surface area contributed by atoms with Crippen molar-refractivity contribution in [1.82, 2.24) is 5.32 Å². The quantitative estimate of drug-likeness (QED) is 0.860. The number of halogens is 3. The number of alkyl halides is 3. The summed E-state index contributed by atoms with van der Waals surface area (Å²) in [5.41, 5.74) is -1.16. The average Bonchev–Trinajstić information content (AvgIpc) is 2.42. The lowest BCUT2D eigenvalue weighted by Crippen LogP contribution is -2.31. The van der Waals surface area contributed by atoms with Crippen molar-refractivity contribution in [3.05, 3.63) is 23.8 Å². The highest BCUT2D eigenvalue weighted by molar-refractivity contribution is 7.90. The molecule has 0 radical (unpaired) electrons. The van der Waals surface area contributed by atoms with Crippen LogP contribution in [0.2, 0.25) is 0 Å². The second-order valence-electron chi connectivity index (χ2n) is 5.57. The summed E-state index contributed by atoms with van der Waals surface area (Å²) in [5, 5.41) is 5.20. The van der Waals surface area contributed by atoms with Crippen LogP contribution in [-0.4, -0.2) is 26.2 Å². The summed E-state index contributed by atoms with van der Waals surface area (Å²) in [6.07, 6.45) is -4.66. The Labute approximate surface area is 137 Å². The van der Waals surface area contributed by atoms with Gasteiger partial charge >= 0.3 is 6.18 Å². The molecule has 0 saturated carbocycles. The van der Waals surface area contributed by atoms with Gasteiger partial charge in [-0.2, -0.15) is 21.6 Å². The molecule has 0 unspecified atom stereocenters. The lowest BCUT2D eigenvalue weighted by molar-refractivity contribution is -0.137. The number of amidine groups is 1. The van der Waals surface area contributed by atoms with Crippen molar-refractivity contribution in [3.63, 3.8) is 0 Å². The van der Waals surface area contributed by atoms with E-state index in [-0.39, 0.29) is 41.2 Å². The number of hydrogen-bond donors (Lipinski definition) is 2. The van der Waals surface area contributed by atoms with Crippen LogP contribution in [0.25, 0.3) is 0 Å². The van der Waals surface area contributed by atoms with Crippen molar-refractivity contribution in [1.29, 1.82) is 0 Å². The van der Waals surface area contributed by atoms with Crippen LogP contribution in [0.15, 0.2) is 27.5 Å². The molecule has 2 rings (SSSR count). The summed E-state index contributed by atoms with van der Waals surface area (Å²) in [7, 11) is -4.10. The SMILES string of the molecule is CC(C)NC(=O)CCC1=NS(=O)(=O)c2ccc(C(F)(F)F)cc2N1. The van der Waals surface area contributed by atoms with E-state index in [0.29, 0.717) is 6.07 Å². The predicted octanol–water partition coefficient (Wildman–Crippen LogP) is 2.52. The molecule has 0 atom stereocenters. The van der Waals surface area contributed by atoms with Gasteiger partial charge in [-0.05, 0) is 32.0 Å². The molecule has 0 aliphatic carbocycles. The maximum atomic E-state index is 12.8. The smallest absolute Gasteiger partial charge is 0.354 e. The molecule has 0 fully saturated rings. The number of rotatable bonds is 4. The van der Waals surface area contributed by atoms with Crippen molar-refractivity contribution in [2.24, 2.45) is 4.40 Å². The number of anilines is 1.